The molecule has 2 atom stereocenters. The molecule has 2 aromatic carbocycles. The number of nitroso groups, excluding NO2 is 1. The van der Waals surface area contributed by atoms with E-state index >= 15 is 0 Å². The summed E-state index contributed by atoms with van der Waals surface area (Å²) in [6.07, 6.45) is 4.35. The van der Waals surface area contributed by atoms with Crippen LogP contribution in [0.1, 0.15) is 54.8 Å². The maximum Gasteiger partial charge on any atom is 0.124 e. The minimum absolute atomic E-state index is 0.108. The molecule has 0 saturated carbocycles. The van der Waals surface area contributed by atoms with E-state index in [1.807, 2.05) is 12.1 Å². The number of ether oxygens (including phenoxy) is 1. The molecule has 1 aliphatic heterocycles. The van der Waals surface area contributed by atoms with Gasteiger partial charge in [0.25, 0.3) is 0 Å². The molecule has 148 valence electrons. The van der Waals surface area contributed by atoms with Crippen LogP contribution in [-0.4, -0.2) is 31.6 Å². The van der Waals surface area contributed by atoms with Crippen molar-refractivity contribution in [3.63, 3.8) is 0 Å². The molecule has 0 spiro atoms. The van der Waals surface area contributed by atoms with E-state index in [4.69, 9.17) is 4.74 Å². The number of methoxy groups -OCH3 is 1. The first-order chi connectivity index (χ1) is 13.6. The molecule has 4 nitrogen and oxygen atoms in total. The SMILES string of the molecule is COc1ccc2c(c1)CCC(C)(CN1CCC(c3ccccc3)CC1)C2N=O. The van der Waals surface area contributed by atoms with Crippen LogP contribution in [-0.2, 0) is 6.42 Å². The van der Waals surface area contributed by atoms with Crippen molar-refractivity contribution in [2.24, 2.45) is 10.6 Å². The van der Waals surface area contributed by atoms with Crippen LogP contribution in [0.5, 0.6) is 5.75 Å². The van der Waals surface area contributed by atoms with Crippen LogP contribution in [0.3, 0.4) is 0 Å². The van der Waals surface area contributed by atoms with Gasteiger partial charge in [-0.1, -0.05) is 48.5 Å². The maximum absolute atomic E-state index is 11.9. The number of hydrogen-bond donors (Lipinski definition) is 0. The van der Waals surface area contributed by atoms with E-state index in [2.05, 4.69) is 53.4 Å². The van der Waals surface area contributed by atoms with Crippen molar-refractivity contribution < 1.29 is 4.74 Å². The fourth-order valence-corrected chi connectivity index (χ4v) is 5.13. The van der Waals surface area contributed by atoms with Crippen LogP contribution in [0.4, 0.5) is 0 Å². The molecule has 2 unspecified atom stereocenters. The van der Waals surface area contributed by atoms with Crippen molar-refractivity contribution in [3.8, 4) is 5.75 Å². The van der Waals surface area contributed by atoms with Gasteiger partial charge in [0.2, 0.25) is 0 Å². The number of nitrogens with zero attached hydrogens (tertiary/aromatic N) is 2. The summed E-state index contributed by atoms with van der Waals surface area (Å²) in [6, 6.07) is 16.6. The van der Waals surface area contributed by atoms with Crippen molar-refractivity contribution >= 4 is 0 Å². The molecule has 2 aliphatic rings. The van der Waals surface area contributed by atoms with Gasteiger partial charge in [-0.05, 0) is 73.5 Å². The minimum Gasteiger partial charge on any atom is -0.497 e. The Morgan fingerprint density at radius 2 is 1.89 bits per heavy atom. The molecule has 0 bridgehead atoms. The zero-order valence-electron chi connectivity index (χ0n) is 16.9. The summed E-state index contributed by atoms with van der Waals surface area (Å²) in [5, 5.41) is 3.61. The van der Waals surface area contributed by atoms with E-state index in [1.165, 1.54) is 24.0 Å². The highest BCUT2D eigenvalue weighted by molar-refractivity contribution is 5.40. The summed E-state index contributed by atoms with van der Waals surface area (Å²) in [5.41, 5.74) is 3.65. The Kier molecular flexibility index (Phi) is 5.49. The van der Waals surface area contributed by atoms with Crippen LogP contribution in [0.15, 0.2) is 53.7 Å². The van der Waals surface area contributed by atoms with Gasteiger partial charge in [-0.2, -0.15) is 4.91 Å². The summed E-state index contributed by atoms with van der Waals surface area (Å²) in [5.74, 6) is 1.51. The highest BCUT2D eigenvalue weighted by Gasteiger charge is 2.42. The summed E-state index contributed by atoms with van der Waals surface area (Å²) in [6.45, 7) is 5.37. The highest BCUT2D eigenvalue weighted by atomic mass is 16.5. The number of hydrogen-bond acceptors (Lipinski definition) is 4. The third kappa shape index (κ3) is 3.70. The summed E-state index contributed by atoms with van der Waals surface area (Å²) < 4.78 is 5.35. The van der Waals surface area contributed by atoms with E-state index in [0.29, 0.717) is 5.92 Å². The van der Waals surface area contributed by atoms with Gasteiger partial charge in [-0.25, -0.2) is 0 Å². The maximum atomic E-state index is 11.9. The molecule has 2 aromatic rings. The molecular weight excluding hydrogens is 348 g/mol. The Morgan fingerprint density at radius 1 is 1.14 bits per heavy atom. The zero-order chi connectivity index (χ0) is 19.6. The Bertz CT molecular complexity index is 815. The first kappa shape index (κ1) is 19.1. The molecule has 4 rings (SSSR count). The first-order valence-corrected chi connectivity index (χ1v) is 10.4. The standard InChI is InChI=1S/C24H30N2O2/c1-24(13-10-20-16-21(28-2)8-9-22(20)23(24)25-27)17-26-14-11-19(12-15-26)18-6-4-3-5-7-18/h3-9,16,19,23H,10-15,17H2,1-2H3. The number of likely N-dealkylation sites (tertiary alicyclic amines) is 1. The molecule has 0 amide bonds. The fraction of sp³-hybridized carbons (Fsp3) is 0.500. The molecule has 4 heteroatoms. The lowest BCUT2D eigenvalue weighted by Gasteiger charge is -2.44. The van der Waals surface area contributed by atoms with Crippen LogP contribution >= 0.6 is 0 Å². The first-order valence-electron chi connectivity index (χ1n) is 10.4. The predicted molar refractivity (Wildman–Crippen MR) is 113 cm³/mol. The molecule has 0 radical (unpaired) electrons. The summed E-state index contributed by atoms with van der Waals surface area (Å²) in [4.78, 5) is 14.4. The van der Waals surface area contributed by atoms with Crippen LogP contribution in [0.25, 0.3) is 0 Å². The predicted octanol–water partition coefficient (Wildman–Crippen LogP) is 5.33. The quantitative estimate of drug-likeness (QED) is 0.660. The molecule has 28 heavy (non-hydrogen) atoms. The Labute approximate surface area is 167 Å². The van der Waals surface area contributed by atoms with Crippen molar-refractivity contribution in [1.29, 1.82) is 0 Å². The average Bonchev–Trinajstić information content (AvgIpc) is 2.74. The zero-order valence-corrected chi connectivity index (χ0v) is 16.9. The third-order valence-corrected chi connectivity index (χ3v) is 6.82. The topological polar surface area (TPSA) is 41.9 Å². The second kappa shape index (κ2) is 8.04. The molecule has 1 fully saturated rings. The van der Waals surface area contributed by atoms with E-state index in [-0.39, 0.29) is 11.5 Å². The largest absolute Gasteiger partial charge is 0.497 e. The van der Waals surface area contributed by atoms with Crippen molar-refractivity contribution in [2.45, 2.75) is 44.6 Å². The third-order valence-electron chi connectivity index (χ3n) is 6.82. The molecule has 1 heterocycles. The smallest absolute Gasteiger partial charge is 0.124 e. The van der Waals surface area contributed by atoms with Gasteiger partial charge in [0.1, 0.15) is 11.8 Å². The molecule has 1 saturated heterocycles. The normalized spacial score (nSPS) is 25.9. The van der Waals surface area contributed by atoms with Gasteiger partial charge in [-0.15, -0.1) is 0 Å². The lowest BCUT2D eigenvalue weighted by Crippen LogP contribution is -2.44. The van der Waals surface area contributed by atoms with Crippen molar-refractivity contribution in [2.75, 3.05) is 26.7 Å². The Hall–Kier alpha value is -2.20. The number of piperidine rings is 1. The average molecular weight is 379 g/mol. The highest BCUT2D eigenvalue weighted by Crippen LogP contribution is 2.47. The number of fused-ring (bicyclic) bond motifs is 1. The second-order valence-electron chi connectivity index (χ2n) is 8.69. The van der Waals surface area contributed by atoms with Gasteiger partial charge >= 0.3 is 0 Å². The van der Waals surface area contributed by atoms with Gasteiger partial charge in [0.15, 0.2) is 0 Å². The van der Waals surface area contributed by atoms with E-state index < -0.39 is 0 Å². The number of benzene rings is 2. The van der Waals surface area contributed by atoms with Gasteiger partial charge in [-0.3, -0.25) is 0 Å². The fourth-order valence-electron chi connectivity index (χ4n) is 5.13. The number of rotatable bonds is 5. The van der Waals surface area contributed by atoms with Crippen LogP contribution < -0.4 is 4.74 Å². The van der Waals surface area contributed by atoms with E-state index in [1.54, 1.807) is 7.11 Å². The number of aryl methyl sites for hydroxylation is 1. The van der Waals surface area contributed by atoms with Gasteiger partial charge in [0, 0.05) is 12.0 Å². The molecular formula is C24H30N2O2. The van der Waals surface area contributed by atoms with Crippen LogP contribution in [0, 0.1) is 10.3 Å². The van der Waals surface area contributed by atoms with E-state index in [0.717, 1.165) is 43.8 Å². The Morgan fingerprint density at radius 3 is 2.57 bits per heavy atom. The van der Waals surface area contributed by atoms with Crippen molar-refractivity contribution in [3.05, 3.63) is 70.1 Å². The molecule has 0 aromatic heterocycles. The van der Waals surface area contributed by atoms with Gasteiger partial charge < -0.3 is 9.64 Å². The lowest BCUT2D eigenvalue weighted by molar-refractivity contribution is 0.0990. The molecule has 0 N–H and O–H groups in total. The summed E-state index contributed by atoms with van der Waals surface area (Å²) >= 11 is 0. The van der Waals surface area contributed by atoms with Gasteiger partial charge in [0.05, 0.1) is 7.11 Å². The van der Waals surface area contributed by atoms with Crippen molar-refractivity contribution in [1.82, 2.24) is 4.90 Å². The summed E-state index contributed by atoms with van der Waals surface area (Å²) in [7, 11) is 1.68. The monoisotopic (exact) mass is 378 g/mol. The van der Waals surface area contributed by atoms with Crippen LogP contribution in [0.2, 0.25) is 0 Å². The Balaban J connectivity index is 1.45. The van der Waals surface area contributed by atoms with E-state index in [9.17, 15) is 4.91 Å². The molecule has 1 aliphatic carbocycles. The minimum atomic E-state index is -0.283. The second-order valence-corrected chi connectivity index (χ2v) is 8.69. The lowest BCUT2D eigenvalue weighted by atomic mass is 9.68.